The molecule has 0 atom stereocenters. The number of halogens is 1. The van der Waals surface area contributed by atoms with Crippen molar-refractivity contribution in [1.29, 1.82) is 0 Å². The van der Waals surface area contributed by atoms with Crippen LogP contribution < -0.4 is 9.80 Å². The molecule has 0 bridgehead atoms. The Labute approximate surface area is 125 Å². The molecule has 1 aromatic carbocycles. The summed E-state index contributed by atoms with van der Waals surface area (Å²) in [5.41, 5.74) is 4.01. The Balaban J connectivity index is 1.72. The summed E-state index contributed by atoms with van der Waals surface area (Å²) in [5, 5.41) is 0. The summed E-state index contributed by atoms with van der Waals surface area (Å²) in [5.74, 6) is -0.137. The number of piperazine rings is 1. The second-order valence-corrected chi connectivity index (χ2v) is 5.53. The van der Waals surface area contributed by atoms with Crippen molar-refractivity contribution in [2.24, 2.45) is 0 Å². The molecule has 1 aliphatic heterocycles. The third-order valence-corrected chi connectivity index (χ3v) is 3.90. The summed E-state index contributed by atoms with van der Waals surface area (Å²) >= 11 is 0. The first-order valence-corrected chi connectivity index (χ1v) is 7.33. The van der Waals surface area contributed by atoms with Gasteiger partial charge in [-0.2, -0.15) is 0 Å². The van der Waals surface area contributed by atoms with Gasteiger partial charge >= 0.3 is 0 Å². The maximum atomic E-state index is 13.8. The van der Waals surface area contributed by atoms with Crippen molar-refractivity contribution in [3.8, 4) is 0 Å². The van der Waals surface area contributed by atoms with Crippen LogP contribution in [-0.2, 0) is 0 Å². The summed E-state index contributed by atoms with van der Waals surface area (Å²) in [4.78, 5) is 8.88. The van der Waals surface area contributed by atoms with E-state index in [1.54, 1.807) is 6.07 Å². The van der Waals surface area contributed by atoms with Gasteiger partial charge in [0, 0.05) is 43.3 Å². The SMILES string of the molecule is Cc1cc(N2CCN(c3ccccc3F)CC2)cc(C)n1. The van der Waals surface area contributed by atoms with Gasteiger partial charge in [0.25, 0.3) is 0 Å². The van der Waals surface area contributed by atoms with E-state index in [1.165, 1.54) is 11.8 Å². The molecule has 0 N–H and O–H groups in total. The highest BCUT2D eigenvalue weighted by atomic mass is 19.1. The molecule has 4 heteroatoms. The second kappa shape index (κ2) is 5.72. The number of aryl methyl sites for hydroxylation is 2. The zero-order valence-corrected chi connectivity index (χ0v) is 12.5. The van der Waals surface area contributed by atoms with E-state index in [9.17, 15) is 4.39 Å². The summed E-state index contributed by atoms with van der Waals surface area (Å²) < 4.78 is 13.8. The number of rotatable bonds is 2. The van der Waals surface area contributed by atoms with Crippen LogP contribution in [0, 0.1) is 19.7 Å². The fourth-order valence-corrected chi connectivity index (χ4v) is 2.91. The molecule has 0 unspecified atom stereocenters. The van der Waals surface area contributed by atoms with Gasteiger partial charge in [-0.25, -0.2) is 4.39 Å². The lowest BCUT2D eigenvalue weighted by atomic mass is 10.2. The van der Waals surface area contributed by atoms with E-state index >= 15 is 0 Å². The first-order chi connectivity index (χ1) is 10.1. The van der Waals surface area contributed by atoms with Crippen LogP contribution in [0.5, 0.6) is 0 Å². The maximum absolute atomic E-state index is 13.8. The maximum Gasteiger partial charge on any atom is 0.146 e. The highest BCUT2D eigenvalue weighted by Crippen LogP contribution is 2.23. The van der Waals surface area contributed by atoms with Crippen LogP contribution in [0.1, 0.15) is 11.4 Å². The van der Waals surface area contributed by atoms with Crippen molar-refractivity contribution in [2.45, 2.75) is 13.8 Å². The molecule has 0 saturated carbocycles. The fourth-order valence-electron chi connectivity index (χ4n) is 2.91. The lowest BCUT2D eigenvalue weighted by Crippen LogP contribution is -2.46. The normalized spacial score (nSPS) is 15.4. The van der Waals surface area contributed by atoms with Gasteiger partial charge in [-0.1, -0.05) is 12.1 Å². The number of para-hydroxylation sites is 1. The topological polar surface area (TPSA) is 19.4 Å². The predicted molar refractivity (Wildman–Crippen MR) is 84.5 cm³/mol. The molecule has 110 valence electrons. The zero-order chi connectivity index (χ0) is 14.8. The van der Waals surface area contributed by atoms with Crippen molar-refractivity contribution < 1.29 is 4.39 Å². The molecule has 0 aliphatic carbocycles. The summed E-state index contributed by atoms with van der Waals surface area (Å²) in [6.45, 7) is 7.51. The number of anilines is 2. The van der Waals surface area contributed by atoms with Gasteiger partial charge < -0.3 is 9.80 Å². The Morgan fingerprint density at radius 3 is 2.10 bits per heavy atom. The molecule has 2 aromatic rings. The van der Waals surface area contributed by atoms with Crippen LogP contribution in [0.2, 0.25) is 0 Å². The summed E-state index contributed by atoms with van der Waals surface area (Å²) in [6.07, 6.45) is 0. The van der Waals surface area contributed by atoms with E-state index in [4.69, 9.17) is 0 Å². The first-order valence-electron chi connectivity index (χ1n) is 7.33. The van der Waals surface area contributed by atoms with Gasteiger partial charge in [0.15, 0.2) is 0 Å². The smallest absolute Gasteiger partial charge is 0.146 e. The number of benzene rings is 1. The average Bonchev–Trinajstić information content (AvgIpc) is 2.47. The third kappa shape index (κ3) is 2.99. The molecule has 0 radical (unpaired) electrons. The largest absolute Gasteiger partial charge is 0.368 e. The van der Waals surface area contributed by atoms with Gasteiger partial charge in [-0.05, 0) is 38.1 Å². The first kappa shape index (κ1) is 13.9. The molecule has 0 spiro atoms. The average molecular weight is 285 g/mol. The predicted octanol–water partition coefficient (Wildman–Crippen LogP) is 3.16. The lowest BCUT2D eigenvalue weighted by molar-refractivity contribution is 0.598. The molecule has 1 aliphatic rings. The standard InChI is InChI=1S/C17H20FN3/c1-13-11-15(12-14(2)19-13)20-7-9-21(10-8-20)17-6-4-3-5-16(17)18/h3-6,11-12H,7-10H2,1-2H3. The lowest BCUT2D eigenvalue weighted by Gasteiger charge is -2.37. The Hall–Kier alpha value is -2.10. The molecule has 0 amide bonds. The highest BCUT2D eigenvalue weighted by Gasteiger charge is 2.19. The van der Waals surface area contributed by atoms with Crippen molar-refractivity contribution in [3.05, 3.63) is 53.6 Å². The zero-order valence-electron chi connectivity index (χ0n) is 12.5. The van der Waals surface area contributed by atoms with Gasteiger partial charge in [0.1, 0.15) is 5.82 Å². The van der Waals surface area contributed by atoms with Gasteiger partial charge in [0.2, 0.25) is 0 Å². The molecule has 1 fully saturated rings. The van der Waals surface area contributed by atoms with Crippen LogP contribution >= 0.6 is 0 Å². The van der Waals surface area contributed by atoms with E-state index in [0.717, 1.165) is 37.6 Å². The van der Waals surface area contributed by atoms with E-state index < -0.39 is 0 Å². The van der Waals surface area contributed by atoms with Gasteiger partial charge in [-0.3, -0.25) is 4.98 Å². The molecular formula is C17H20FN3. The number of aromatic nitrogens is 1. The van der Waals surface area contributed by atoms with Crippen LogP contribution in [-0.4, -0.2) is 31.2 Å². The van der Waals surface area contributed by atoms with Crippen LogP contribution in [0.25, 0.3) is 0 Å². The number of hydrogen-bond acceptors (Lipinski definition) is 3. The summed E-state index contributed by atoms with van der Waals surface area (Å²) in [7, 11) is 0. The monoisotopic (exact) mass is 285 g/mol. The molecule has 1 saturated heterocycles. The van der Waals surface area contributed by atoms with Gasteiger partial charge in [-0.15, -0.1) is 0 Å². The Kier molecular flexibility index (Phi) is 3.78. The van der Waals surface area contributed by atoms with Crippen molar-refractivity contribution in [1.82, 2.24) is 4.98 Å². The second-order valence-electron chi connectivity index (χ2n) is 5.53. The molecular weight excluding hydrogens is 265 g/mol. The van der Waals surface area contributed by atoms with Crippen molar-refractivity contribution in [2.75, 3.05) is 36.0 Å². The van der Waals surface area contributed by atoms with E-state index in [1.807, 2.05) is 26.0 Å². The number of hydrogen-bond donors (Lipinski definition) is 0. The minimum Gasteiger partial charge on any atom is -0.368 e. The third-order valence-electron chi connectivity index (χ3n) is 3.90. The minimum absolute atomic E-state index is 0.137. The highest BCUT2D eigenvalue weighted by molar-refractivity contribution is 5.53. The number of pyridine rings is 1. The Morgan fingerprint density at radius 1 is 0.905 bits per heavy atom. The van der Waals surface area contributed by atoms with Crippen LogP contribution in [0.3, 0.4) is 0 Å². The molecule has 3 rings (SSSR count). The van der Waals surface area contributed by atoms with E-state index in [-0.39, 0.29) is 5.82 Å². The van der Waals surface area contributed by atoms with Crippen LogP contribution in [0.4, 0.5) is 15.8 Å². The van der Waals surface area contributed by atoms with Gasteiger partial charge in [0.05, 0.1) is 5.69 Å². The number of nitrogens with zero attached hydrogens (tertiary/aromatic N) is 3. The molecule has 3 nitrogen and oxygen atoms in total. The van der Waals surface area contributed by atoms with E-state index in [2.05, 4.69) is 26.9 Å². The molecule has 1 aromatic heterocycles. The summed E-state index contributed by atoms with van der Waals surface area (Å²) in [6, 6.07) is 11.2. The fraction of sp³-hybridized carbons (Fsp3) is 0.353. The molecule has 21 heavy (non-hydrogen) atoms. The Bertz CT molecular complexity index is 613. The van der Waals surface area contributed by atoms with Crippen molar-refractivity contribution >= 4 is 11.4 Å². The van der Waals surface area contributed by atoms with Crippen LogP contribution in [0.15, 0.2) is 36.4 Å². The van der Waals surface area contributed by atoms with E-state index in [0.29, 0.717) is 5.69 Å². The molecule has 2 heterocycles. The quantitative estimate of drug-likeness (QED) is 0.845. The minimum atomic E-state index is -0.137. The van der Waals surface area contributed by atoms with Crippen molar-refractivity contribution in [3.63, 3.8) is 0 Å². The Morgan fingerprint density at radius 2 is 1.48 bits per heavy atom.